The third-order valence-corrected chi connectivity index (χ3v) is 3.34. The minimum atomic E-state index is 0.341. The lowest BCUT2D eigenvalue weighted by Crippen LogP contribution is -2.55. The van der Waals surface area contributed by atoms with Crippen LogP contribution < -0.4 is 10.6 Å². The van der Waals surface area contributed by atoms with Crippen molar-refractivity contribution in [2.24, 2.45) is 5.73 Å². The Morgan fingerprint density at radius 3 is 2.77 bits per heavy atom. The molecule has 2 N–H and O–H groups in total. The van der Waals surface area contributed by atoms with E-state index in [1.54, 1.807) is 0 Å². The van der Waals surface area contributed by atoms with E-state index in [2.05, 4.69) is 14.3 Å². The Morgan fingerprint density at radius 2 is 2.15 bits per heavy atom. The molecule has 0 atom stereocenters. The second-order valence-corrected chi connectivity index (χ2v) is 4.60. The topological polar surface area (TPSA) is 55.0 Å². The van der Waals surface area contributed by atoms with Crippen molar-refractivity contribution in [1.29, 1.82) is 0 Å². The molecule has 1 saturated carbocycles. The Balaban J connectivity index is 1.74. The molecule has 0 radical (unpaired) electrons. The normalized spacial score (nSPS) is 23.3. The molecule has 0 amide bonds. The number of anilines is 1. The molecule has 1 aliphatic carbocycles. The highest BCUT2D eigenvalue weighted by Crippen LogP contribution is 2.40. The molecular formula is C8H12N4S. The molecule has 2 fully saturated rings. The molecule has 0 spiro atoms. The molecule has 5 heteroatoms. The van der Waals surface area contributed by atoms with Gasteiger partial charge >= 0.3 is 0 Å². The van der Waals surface area contributed by atoms with Crippen LogP contribution in [0.25, 0.3) is 0 Å². The molecule has 1 saturated heterocycles. The summed E-state index contributed by atoms with van der Waals surface area (Å²) < 4.78 is 4.35. The first-order valence-corrected chi connectivity index (χ1v) is 5.44. The Kier molecular flexibility index (Phi) is 1.57. The summed E-state index contributed by atoms with van der Waals surface area (Å²) in [6, 6.07) is 0.341. The average Bonchev–Trinajstić information content (AvgIpc) is 2.80. The van der Waals surface area contributed by atoms with Crippen LogP contribution in [0.5, 0.6) is 0 Å². The van der Waals surface area contributed by atoms with Crippen molar-refractivity contribution in [3.05, 3.63) is 5.82 Å². The largest absolute Gasteiger partial charge is 0.344 e. The zero-order valence-electron chi connectivity index (χ0n) is 7.31. The molecule has 1 aromatic rings. The maximum atomic E-state index is 5.70. The number of nitrogens with two attached hydrogens (primary N) is 1. The molecular weight excluding hydrogens is 184 g/mol. The Hall–Kier alpha value is -0.680. The molecule has 0 bridgehead atoms. The van der Waals surface area contributed by atoms with Crippen molar-refractivity contribution in [2.45, 2.75) is 24.8 Å². The van der Waals surface area contributed by atoms with E-state index in [0.29, 0.717) is 12.0 Å². The van der Waals surface area contributed by atoms with Gasteiger partial charge in [0.2, 0.25) is 5.13 Å². The first-order chi connectivity index (χ1) is 6.33. The van der Waals surface area contributed by atoms with E-state index in [-0.39, 0.29) is 0 Å². The van der Waals surface area contributed by atoms with Crippen molar-refractivity contribution < 1.29 is 0 Å². The van der Waals surface area contributed by atoms with Crippen LogP contribution in [0.15, 0.2) is 0 Å². The van der Waals surface area contributed by atoms with E-state index >= 15 is 0 Å². The fourth-order valence-electron chi connectivity index (χ4n) is 1.53. The van der Waals surface area contributed by atoms with E-state index in [1.165, 1.54) is 24.4 Å². The summed E-state index contributed by atoms with van der Waals surface area (Å²) in [6.45, 7) is 1.89. The quantitative estimate of drug-likeness (QED) is 0.751. The predicted molar refractivity (Wildman–Crippen MR) is 52.1 cm³/mol. The van der Waals surface area contributed by atoms with Gasteiger partial charge in [-0.25, -0.2) is 4.98 Å². The summed E-state index contributed by atoms with van der Waals surface area (Å²) in [5.74, 6) is 1.72. The monoisotopic (exact) mass is 196 g/mol. The van der Waals surface area contributed by atoms with Gasteiger partial charge in [0.25, 0.3) is 0 Å². The highest BCUT2D eigenvalue weighted by atomic mass is 32.1. The van der Waals surface area contributed by atoms with E-state index < -0.39 is 0 Å². The van der Waals surface area contributed by atoms with Crippen molar-refractivity contribution in [3.8, 4) is 0 Å². The van der Waals surface area contributed by atoms with Gasteiger partial charge in [-0.1, -0.05) is 0 Å². The minimum absolute atomic E-state index is 0.341. The van der Waals surface area contributed by atoms with E-state index in [4.69, 9.17) is 5.73 Å². The Bertz CT molecular complexity index is 314. The van der Waals surface area contributed by atoms with Crippen LogP contribution in [0, 0.1) is 0 Å². The summed E-state index contributed by atoms with van der Waals surface area (Å²) in [5, 5.41) is 1.06. The van der Waals surface area contributed by atoms with Crippen LogP contribution in [-0.4, -0.2) is 28.5 Å². The first-order valence-electron chi connectivity index (χ1n) is 4.67. The molecule has 0 unspecified atom stereocenters. The van der Waals surface area contributed by atoms with Crippen molar-refractivity contribution >= 4 is 16.7 Å². The summed E-state index contributed by atoms with van der Waals surface area (Å²) >= 11 is 1.51. The molecule has 0 aromatic carbocycles. The summed E-state index contributed by atoms with van der Waals surface area (Å²) in [5.41, 5.74) is 5.70. The van der Waals surface area contributed by atoms with Crippen LogP contribution in [-0.2, 0) is 0 Å². The van der Waals surface area contributed by atoms with Gasteiger partial charge < -0.3 is 10.6 Å². The molecule has 4 nitrogen and oxygen atoms in total. The lowest BCUT2D eigenvalue weighted by molar-refractivity contribution is 0.518. The minimum Gasteiger partial charge on any atom is -0.344 e. The Labute approximate surface area is 80.9 Å². The molecule has 1 aromatic heterocycles. The smallest absolute Gasteiger partial charge is 0.205 e. The molecule has 2 heterocycles. The predicted octanol–water partition coefficient (Wildman–Crippen LogP) is 0.563. The average molecular weight is 196 g/mol. The maximum Gasteiger partial charge on any atom is 0.205 e. The number of hydrogen-bond acceptors (Lipinski definition) is 5. The maximum absolute atomic E-state index is 5.70. The lowest BCUT2D eigenvalue weighted by Gasteiger charge is -2.36. The van der Waals surface area contributed by atoms with Gasteiger partial charge in [0.1, 0.15) is 5.82 Å². The van der Waals surface area contributed by atoms with Gasteiger partial charge in [0.05, 0.1) is 0 Å². The second-order valence-electron chi connectivity index (χ2n) is 3.87. The van der Waals surface area contributed by atoms with Crippen molar-refractivity contribution in [2.75, 3.05) is 18.0 Å². The Morgan fingerprint density at radius 1 is 1.38 bits per heavy atom. The number of hydrogen-bond donors (Lipinski definition) is 1. The van der Waals surface area contributed by atoms with Crippen molar-refractivity contribution in [1.82, 2.24) is 9.36 Å². The fraction of sp³-hybridized carbons (Fsp3) is 0.750. The fourth-order valence-corrected chi connectivity index (χ4v) is 2.30. The number of nitrogens with zero attached hydrogens (tertiary/aromatic N) is 3. The molecule has 70 valence electrons. The molecule has 1 aliphatic heterocycles. The zero-order valence-corrected chi connectivity index (χ0v) is 8.13. The number of rotatable bonds is 2. The summed E-state index contributed by atoms with van der Waals surface area (Å²) in [6.07, 6.45) is 2.55. The molecule has 13 heavy (non-hydrogen) atoms. The third kappa shape index (κ3) is 1.32. The van der Waals surface area contributed by atoms with Crippen molar-refractivity contribution in [3.63, 3.8) is 0 Å². The van der Waals surface area contributed by atoms with Gasteiger partial charge in [-0.2, -0.15) is 4.37 Å². The molecule has 2 aliphatic rings. The van der Waals surface area contributed by atoms with Gasteiger partial charge in [-0.3, -0.25) is 0 Å². The van der Waals surface area contributed by atoms with E-state index in [1.807, 2.05) is 0 Å². The molecule has 3 rings (SSSR count). The van der Waals surface area contributed by atoms with E-state index in [0.717, 1.165) is 24.0 Å². The van der Waals surface area contributed by atoms with Crippen LogP contribution >= 0.6 is 11.5 Å². The lowest BCUT2D eigenvalue weighted by atomic mass is 10.1. The first kappa shape index (κ1) is 7.70. The van der Waals surface area contributed by atoms with Crippen LogP contribution in [0.1, 0.15) is 24.6 Å². The number of aromatic nitrogens is 2. The van der Waals surface area contributed by atoms with Crippen LogP contribution in [0.3, 0.4) is 0 Å². The second kappa shape index (κ2) is 2.65. The van der Waals surface area contributed by atoms with Gasteiger partial charge in [0.15, 0.2) is 0 Å². The van der Waals surface area contributed by atoms with Crippen LogP contribution in [0.2, 0.25) is 0 Å². The van der Waals surface area contributed by atoms with Gasteiger partial charge in [0, 0.05) is 36.6 Å². The highest BCUT2D eigenvalue weighted by Gasteiger charge is 2.31. The zero-order chi connectivity index (χ0) is 8.84. The SMILES string of the molecule is NC1CN(c2nc(C3CC3)ns2)C1. The highest BCUT2D eigenvalue weighted by molar-refractivity contribution is 7.09. The third-order valence-electron chi connectivity index (χ3n) is 2.55. The standard InChI is InChI=1S/C8H12N4S/c9-6-3-12(4-6)8-10-7(11-13-8)5-1-2-5/h5-6H,1-4,9H2. The summed E-state index contributed by atoms with van der Waals surface area (Å²) in [7, 11) is 0. The van der Waals surface area contributed by atoms with Gasteiger partial charge in [-0.15, -0.1) is 0 Å². The van der Waals surface area contributed by atoms with Gasteiger partial charge in [-0.05, 0) is 12.8 Å². The summed E-state index contributed by atoms with van der Waals surface area (Å²) in [4.78, 5) is 6.71. The van der Waals surface area contributed by atoms with E-state index in [9.17, 15) is 0 Å². The van der Waals surface area contributed by atoms with Crippen LogP contribution in [0.4, 0.5) is 5.13 Å².